The molecule has 0 aromatic heterocycles. The zero-order valence-electron chi connectivity index (χ0n) is 10.0. The monoisotopic (exact) mass is 246 g/mol. The van der Waals surface area contributed by atoms with Crippen molar-refractivity contribution in [2.75, 3.05) is 12.5 Å². The van der Waals surface area contributed by atoms with Gasteiger partial charge in [-0.3, -0.25) is 0 Å². The fourth-order valence-electron chi connectivity index (χ4n) is 1.49. The second-order valence-electron chi connectivity index (χ2n) is 3.89. The van der Waals surface area contributed by atoms with Gasteiger partial charge in [0.25, 0.3) is 0 Å². The SMILES string of the molecule is C=CC(=O)OCCCCCCCCCCCl. The number of carbonyl (C=O) groups excluding carboxylic acids is 1. The Hall–Kier alpha value is -0.500. The predicted octanol–water partition coefficient (Wildman–Crippen LogP) is 4.08. The van der Waals surface area contributed by atoms with Crippen LogP contribution in [0.2, 0.25) is 0 Å². The van der Waals surface area contributed by atoms with Crippen LogP contribution in [0.25, 0.3) is 0 Å². The fraction of sp³-hybridized carbons (Fsp3) is 0.769. The molecule has 3 heteroatoms. The maximum absolute atomic E-state index is 10.7. The van der Waals surface area contributed by atoms with E-state index in [1.54, 1.807) is 0 Å². The molecule has 16 heavy (non-hydrogen) atoms. The van der Waals surface area contributed by atoms with Gasteiger partial charge in [-0.25, -0.2) is 4.79 Å². The number of halogens is 1. The minimum atomic E-state index is -0.318. The van der Waals surface area contributed by atoms with Crippen LogP contribution >= 0.6 is 11.6 Å². The van der Waals surface area contributed by atoms with Gasteiger partial charge in [0.15, 0.2) is 0 Å². The lowest BCUT2D eigenvalue weighted by atomic mass is 10.1. The zero-order valence-corrected chi connectivity index (χ0v) is 10.8. The molecule has 0 aliphatic carbocycles. The number of hydrogen-bond donors (Lipinski definition) is 0. The van der Waals surface area contributed by atoms with Crippen LogP contribution in [0.3, 0.4) is 0 Å². The first kappa shape index (κ1) is 15.5. The van der Waals surface area contributed by atoms with Crippen LogP contribution in [0.1, 0.15) is 51.4 Å². The summed E-state index contributed by atoms with van der Waals surface area (Å²) < 4.78 is 4.88. The van der Waals surface area contributed by atoms with Gasteiger partial charge in [-0.2, -0.15) is 0 Å². The van der Waals surface area contributed by atoms with E-state index in [4.69, 9.17) is 16.3 Å². The minimum Gasteiger partial charge on any atom is -0.463 e. The van der Waals surface area contributed by atoms with E-state index < -0.39 is 0 Å². The van der Waals surface area contributed by atoms with E-state index in [0.717, 1.165) is 25.1 Å². The van der Waals surface area contributed by atoms with Crippen LogP contribution < -0.4 is 0 Å². The summed E-state index contributed by atoms with van der Waals surface area (Å²) in [6, 6.07) is 0. The van der Waals surface area contributed by atoms with Crippen LogP contribution in [0.5, 0.6) is 0 Å². The molecule has 0 aromatic carbocycles. The molecule has 0 amide bonds. The van der Waals surface area contributed by atoms with Crippen LogP contribution in [-0.2, 0) is 9.53 Å². The Kier molecular flexibility index (Phi) is 12.2. The van der Waals surface area contributed by atoms with Gasteiger partial charge < -0.3 is 4.74 Å². The first-order valence-electron chi connectivity index (χ1n) is 6.16. The maximum Gasteiger partial charge on any atom is 0.330 e. The average Bonchev–Trinajstić information content (AvgIpc) is 2.31. The van der Waals surface area contributed by atoms with Crippen molar-refractivity contribution in [3.05, 3.63) is 12.7 Å². The number of rotatable bonds is 11. The smallest absolute Gasteiger partial charge is 0.330 e. The third kappa shape index (κ3) is 11.6. The molecule has 0 atom stereocenters. The summed E-state index contributed by atoms with van der Waals surface area (Å²) in [5.74, 6) is 0.468. The molecule has 0 saturated heterocycles. The van der Waals surface area contributed by atoms with Crippen LogP contribution in [0.15, 0.2) is 12.7 Å². The van der Waals surface area contributed by atoms with E-state index >= 15 is 0 Å². The van der Waals surface area contributed by atoms with Crippen molar-refractivity contribution < 1.29 is 9.53 Å². The van der Waals surface area contributed by atoms with Gasteiger partial charge in [0.05, 0.1) is 6.61 Å². The lowest BCUT2D eigenvalue weighted by Gasteiger charge is -2.02. The van der Waals surface area contributed by atoms with Crippen molar-refractivity contribution in [1.82, 2.24) is 0 Å². The number of carbonyl (C=O) groups is 1. The van der Waals surface area contributed by atoms with Crippen molar-refractivity contribution in [2.24, 2.45) is 0 Å². The number of alkyl halides is 1. The molecule has 2 nitrogen and oxygen atoms in total. The summed E-state index contributed by atoms with van der Waals surface area (Å²) in [6.45, 7) is 3.87. The third-order valence-corrected chi connectivity index (χ3v) is 2.71. The number of hydrogen-bond acceptors (Lipinski definition) is 2. The van der Waals surface area contributed by atoms with Gasteiger partial charge >= 0.3 is 5.97 Å². The Labute approximate surface area is 104 Å². The average molecular weight is 247 g/mol. The molecule has 0 heterocycles. The molecular formula is C13H23ClO2. The summed E-state index contributed by atoms with van der Waals surface area (Å²) >= 11 is 5.59. The first-order valence-corrected chi connectivity index (χ1v) is 6.70. The van der Waals surface area contributed by atoms with E-state index in [2.05, 4.69) is 6.58 Å². The second-order valence-corrected chi connectivity index (χ2v) is 4.27. The largest absolute Gasteiger partial charge is 0.463 e. The fourth-order valence-corrected chi connectivity index (χ4v) is 1.68. The third-order valence-electron chi connectivity index (χ3n) is 2.44. The summed E-state index contributed by atoms with van der Waals surface area (Å²) in [6.07, 6.45) is 10.8. The number of esters is 1. The highest BCUT2D eigenvalue weighted by Gasteiger charge is 1.95. The molecule has 0 fully saturated rings. The zero-order chi connectivity index (χ0) is 12.1. The quantitative estimate of drug-likeness (QED) is 0.238. The van der Waals surface area contributed by atoms with Crippen LogP contribution in [-0.4, -0.2) is 18.5 Å². The normalized spacial score (nSPS) is 10.1. The lowest BCUT2D eigenvalue weighted by molar-refractivity contribution is -0.137. The Morgan fingerprint density at radius 1 is 1.00 bits per heavy atom. The predicted molar refractivity (Wildman–Crippen MR) is 68.8 cm³/mol. The second kappa shape index (κ2) is 12.6. The van der Waals surface area contributed by atoms with Gasteiger partial charge in [0.2, 0.25) is 0 Å². The molecule has 0 aromatic rings. The highest BCUT2D eigenvalue weighted by Crippen LogP contribution is 2.08. The van der Waals surface area contributed by atoms with Crippen molar-refractivity contribution in [3.63, 3.8) is 0 Å². The first-order chi connectivity index (χ1) is 7.81. The Balaban J connectivity index is 2.98. The Morgan fingerprint density at radius 3 is 2.00 bits per heavy atom. The minimum absolute atomic E-state index is 0.318. The van der Waals surface area contributed by atoms with Crippen molar-refractivity contribution >= 4 is 17.6 Å². The molecule has 0 bridgehead atoms. The molecule has 0 rings (SSSR count). The van der Waals surface area contributed by atoms with Crippen molar-refractivity contribution in [2.45, 2.75) is 51.4 Å². The molecule has 0 radical (unpaired) electrons. The van der Waals surface area contributed by atoms with E-state index in [1.807, 2.05) is 0 Å². The van der Waals surface area contributed by atoms with E-state index in [-0.39, 0.29) is 5.97 Å². The molecule has 0 unspecified atom stereocenters. The summed E-state index contributed by atoms with van der Waals surface area (Å²) in [5.41, 5.74) is 0. The number of ether oxygens (including phenoxy) is 1. The Morgan fingerprint density at radius 2 is 1.50 bits per heavy atom. The van der Waals surface area contributed by atoms with E-state index in [0.29, 0.717) is 6.61 Å². The molecule has 0 aliphatic heterocycles. The summed E-state index contributed by atoms with van der Waals surface area (Å²) in [4.78, 5) is 10.7. The van der Waals surface area contributed by atoms with Gasteiger partial charge in [0.1, 0.15) is 0 Å². The highest BCUT2D eigenvalue weighted by atomic mass is 35.5. The molecule has 0 aliphatic rings. The molecule has 94 valence electrons. The van der Waals surface area contributed by atoms with Gasteiger partial charge in [-0.1, -0.05) is 45.1 Å². The van der Waals surface area contributed by atoms with Crippen molar-refractivity contribution in [3.8, 4) is 0 Å². The summed E-state index contributed by atoms with van der Waals surface area (Å²) in [5, 5.41) is 0. The Bertz CT molecular complexity index is 181. The van der Waals surface area contributed by atoms with E-state index in [1.165, 1.54) is 38.2 Å². The van der Waals surface area contributed by atoms with Gasteiger partial charge in [-0.15, -0.1) is 11.6 Å². The van der Waals surface area contributed by atoms with Gasteiger partial charge in [0, 0.05) is 12.0 Å². The maximum atomic E-state index is 10.7. The number of unbranched alkanes of at least 4 members (excludes halogenated alkanes) is 7. The summed E-state index contributed by atoms with van der Waals surface area (Å²) in [7, 11) is 0. The van der Waals surface area contributed by atoms with Crippen LogP contribution in [0.4, 0.5) is 0 Å². The standard InChI is InChI=1S/C13H23ClO2/c1-2-13(15)16-12-10-8-6-4-3-5-7-9-11-14/h2H,1,3-12H2. The van der Waals surface area contributed by atoms with E-state index in [9.17, 15) is 4.79 Å². The molecular weight excluding hydrogens is 224 g/mol. The highest BCUT2D eigenvalue weighted by molar-refractivity contribution is 6.17. The van der Waals surface area contributed by atoms with Crippen LogP contribution in [0, 0.1) is 0 Å². The topological polar surface area (TPSA) is 26.3 Å². The lowest BCUT2D eigenvalue weighted by Crippen LogP contribution is -2.01. The van der Waals surface area contributed by atoms with Crippen molar-refractivity contribution in [1.29, 1.82) is 0 Å². The van der Waals surface area contributed by atoms with Gasteiger partial charge in [-0.05, 0) is 12.8 Å². The molecule has 0 saturated carbocycles. The molecule has 0 N–H and O–H groups in total. The molecule has 0 spiro atoms.